The maximum atomic E-state index is 12.3. The Hall–Kier alpha value is -0.950. The van der Waals surface area contributed by atoms with E-state index in [1.807, 2.05) is 6.92 Å². The van der Waals surface area contributed by atoms with Gasteiger partial charge in [-0.05, 0) is 101 Å². The molecular weight excluding hydrogens is 456 g/mol. The summed E-state index contributed by atoms with van der Waals surface area (Å²) in [5, 5.41) is 21.6. The van der Waals surface area contributed by atoms with Crippen LogP contribution in [0.15, 0.2) is 11.6 Å². The number of rotatable bonds is 2. The quantitative estimate of drug-likeness (QED) is 0.413. The Balaban J connectivity index is 1.41. The lowest BCUT2D eigenvalue weighted by Gasteiger charge is -2.60. The van der Waals surface area contributed by atoms with Gasteiger partial charge in [-0.25, -0.2) is 0 Å². The van der Waals surface area contributed by atoms with Gasteiger partial charge in [0.1, 0.15) is 16.8 Å². The van der Waals surface area contributed by atoms with Crippen LogP contribution in [0.1, 0.15) is 99.8 Å². The number of fused-ring (bicyclic) bond motifs is 10. The van der Waals surface area contributed by atoms with E-state index >= 15 is 0 Å². The second-order valence-corrected chi connectivity index (χ2v) is 14.6. The highest BCUT2D eigenvalue weighted by Crippen LogP contribution is 2.73. The minimum atomic E-state index is -1.24. The van der Waals surface area contributed by atoms with Gasteiger partial charge in [-0.2, -0.15) is 0 Å². The van der Waals surface area contributed by atoms with Gasteiger partial charge >= 0.3 is 5.97 Å². The fraction of sp³-hybridized carbons (Fsp3) is 0.900. The predicted octanol–water partition coefficient (Wildman–Crippen LogP) is 4.90. The van der Waals surface area contributed by atoms with Gasteiger partial charge in [0.15, 0.2) is 0 Å². The third-order valence-corrected chi connectivity index (χ3v) is 12.3. The molecule has 11 atom stereocenters. The Kier molecular flexibility index (Phi) is 5.18. The molecule has 6 nitrogen and oxygen atoms in total. The smallest absolute Gasteiger partial charge is 0.303 e. The molecule has 3 saturated carbocycles. The summed E-state index contributed by atoms with van der Waals surface area (Å²) in [6.45, 7) is 14.0. The van der Waals surface area contributed by atoms with E-state index in [9.17, 15) is 15.0 Å². The number of esters is 1. The van der Waals surface area contributed by atoms with Crippen molar-refractivity contribution in [3.63, 3.8) is 0 Å². The number of aliphatic hydroxyl groups excluding tert-OH is 1. The van der Waals surface area contributed by atoms with Gasteiger partial charge in [-0.3, -0.25) is 4.79 Å². The van der Waals surface area contributed by atoms with Crippen molar-refractivity contribution in [3.05, 3.63) is 11.6 Å². The first-order chi connectivity index (χ1) is 16.6. The van der Waals surface area contributed by atoms with Crippen LogP contribution in [-0.4, -0.2) is 51.0 Å². The summed E-state index contributed by atoms with van der Waals surface area (Å²) in [5.74, 6) is 0.219. The average Bonchev–Trinajstić information content (AvgIpc) is 3.14. The third-order valence-electron chi connectivity index (χ3n) is 12.3. The van der Waals surface area contributed by atoms with E-state index in [-0.39, 0.29) is 34.9 Å². The highest BCUT2D eigenvalue weighted by molar-refractivity contribution is 5.67. The molecule has 6 aliphatic rings. The van der Waals surface area contributed by atoms with Crippen LogP contribution < -0.4 is 0 Å². The van der Waals surface area contributed by atoms with Crippen LogP contribution in [0.5, 0.6) is 0 Å². The molecule has 6 heteroatoms. The first-order valence-corrected chi connectivity index (χ1v) is 14.3. The molecule has 0 aromatic heterocycles. The van der Waals surface area contributed by atoms with Crippen LogP contribution in [0, 0.1) is 34.5 Å². The highest BCUT2D eigenvalue weighted by Gasteiger charge is 2.79. The van der Waals surface area contributed by atoms with E-state index in [4.69, 9.17) is 14.2 Å². The molecule has 0 amide bonds. The van der Waals surface area contributed by atoms with E-state index in [0.29, 0.717) is 24.2 Å². The molecule has 202 valence electrons. The lowest BCUT2D eigenvalue weighted by molar-refractivity contribution is -0.387. The standard InChI is InChI=1S/C30H46O6/c1-17(31)34-28(6)16-30(25(2,3)33)35-23-15-22-20-9-8-18-14-19(32)10-12-26(18,4)21(20)11-13-27(22,5)24(23)29(28,7)36-30/h8,19-24,32-33H,9-16H2,1-7H3/t19-,20+,21-,22-,23+,24-,26-,27-,28+,29+,30-/m0/s1. The second-order valence-electron chi connectivity index (χ2n) is 14.6. The maximum Gasteiger partial charge on any atom is 0.303 e. The summed E-state index contributed by atoms with van der Waals surface area (Å²) in [4.78, 5) is 12.3. The monoisotopic (exact) mass is 502 g/mol. The van der Waals surface area contributed by atoms with Crippen LogP contribution in [-0.2, 0) is 19.0 Å². The van der Waals surface area contributed by atoms with E-state index in [1.54, 1.807) is 13.8 Å². The van der Waals surface area contributed by atoms with Gasteiger partial charge in [0, 0.05) is 19.3 Å². The number of ether oxygens (including phenoxy) is 3. The number of allylic oxidation sites excluding steroid dienone is 1. The van der Waals surface area contributed by atoms with E-state index < -0.39 is 22.6 Å². The predicted molar refractivity (Wildman–Crippen MR) is 135 cm³/mol. The Labute approximate surface area is 216 Å². The summed E-state index contributed by atoms with van der Waals surface area (Å²) in [5.41, 5.74) is -1.24. The molecule has 5 fully saturated rings. The minimum Gasteiger partial charge on any atom is -0.456 e. The van der Waals surface area contributed by atoms with E-state index in [0.717, 1.165) is 38.5 Å². The van der Waals surface area contributed by atoms with Crippen LogP contribution >= 0.6 is 0 Å². The Morgan fingerprint density at radius 2 is 1.86 bits per heavy atom. The highest BCUT2D eigenvalue weighted by atomic mass is 16.8. The Morgan fingerprint density at radius 1 is 1.14 bits per heavy atom. The van der Waals surface area contributed by atoms with Crippen molar-refractivity contribution in [3.8, 4) is 0 Å². The summed E-state index contributed by atoms with van der Waals surface area (Å²) in [6, 6.07) is 0. The van der Waals surface area contributed by atoms with Crippen LogP contribution in [0.25, 0.3) is 0 Å². The van der Waals surface area contributed by atoms with Crippen LogP contribution in [0.4, 0.5) is 0 Å². The average molecular weight is 503 g/mol. The number of aliphatic hydroxyl groups is 2. The molecule has 2 aliphatic heterocycles. The summed E-state index contributed by atoms with van der Waals surface area (Å²) >= 11 is 0. The zero-order valence-corrected chi connectivity index (χ0v) is 23.2. The van der Waals surface area contributed by atoms with Crippen molar-refractivity contribution in [1.29, 1.82) is 0 Å². The molecule has 2 saturated heterocycles. The number of carbonyl (C=O) groups excluding carboxylic acids is 1. The molecule has 0 aromatic carbocycles. The van der Waals surface area contributed by atoms with Crippen molar-refractivity contribution < 1.29 is 29.2 Å². The van der Waals surface area contributed by atoms with Crippen molar-refractivity contribution >= 4 is 5.97 Å². The zero-order chi connectivity index (χ0) is 26.1. The molecular formula is C30H46O6. The van der Waals surface area contributed by atoms with Gasteiger partial charge in [-0.15, -0.1) is 0 Å². The normalized spacial score (nSPS) is 55.6. The SMILES string of the molecule is CC(=O)O[C@]1(C)C[C@]2(C(C)(C)O)O[C@@H]3C[C@H]4[C@@H]5CC=C6C[C@@H](O)CC[C@]6(C)[C@H]5CC[C@]4(C)[C@H]3[C@@]1(C)O2. The van der Waals surface area contributed by atoms with E-state index in [2.05, 4.69) is 26.8 Å². The topological polar surface area (TPSA) is 85.2 Å². The lowest BCUT2D eigenvalue weighted by Crippen LogP contribution is -2.65. The third kappa shape index (κ3) is 3.02. The molecule has 2 N–H and O–H groups in total. The first kappa shape index (κ1) is 25.3. The second kappa shape index (κ2) is 7.37. The van der Waals surface area contributed by atoms with Gasteiger partial charge in [0.25, 0.3) is 0 Å². The van der Waals surface area contributed by atoms with Gasteiger partial charge in [-0.1, -0.05) is 25.5 Å². The molecule has 0 spiro atoms. The van der Waals surface area contributed by atoms with Crippen molar-refractivity contribution in [2.45, 2.75) is 135 Å². The Morgan fingerprint density at radius 3 is 2.53 bits per heavy atom. The summed E-state index contributed by atoms with van der Waals surface area (Å²) in [6.07, 6.45) is 9.63. The summed E-state index contributed by atoms with van der Waals surface area (Å²) in [7, 11) is 0. The molecule has 2 heterocycles. The Bertz CT molecular complexity index is 1000. The molecule has 2 bridgehead atoms. The van der Waals surface area contributed by atoms with Crippen LogP contribution in [0.2, 0.25) is 0 Å². The van der Waals surface area contributed by atoms with Gasteiger partial charge in [0.05, 0.1) is 12.2 Å². The molecule has 0 radical (unpaired) electrons. The molecule has 0 unspecified atom stereocenters. The molecule has 6 rings (SSSR count). The number of hydrogen-bond acceptors (Lipinski definition) is 6. The number of hydrogen-bond donors (Lipinski definition) is 2. The largest absolute Gasteiger partial charge is 0.456 e. The summed E-state index contributed by atoms with van der Waals surface area (Å²) < 4.78 is 19.8. The molecule has 36 heavy (non-hydrogen) atoms. The van der Waals surface area contributed by atoms with Crippen LogP contribution in [0.3, 0.4) is 0 Å². The minimum absolute atomic E-state index is 0.00598. The molecule has 4 aliphatic carbocycles. The maximum absolute atomic E-state index is 12.3. The fourth-order valence-electron chi connectivity index (χ4n) is 10.5. The van der Waals surface area contributed by atoms with Gasteiger partial charge in [0.2, 0.25) is 5.79 Å². The molecule has 0 aromatic rings. The first-order valence-electron chi connectivity index (χ1n) is 14.3. The lowest BCUT2D eigenvalue weighted by atomic mass is 9.46. The van der Waals surface area contributed by atoms with Crippen molar-refractivity contribution in [1.82, 2.24) is 0 Å². The van der Waals surface area contributed by atoms with E-state index in [1.165, 1.54) is 18.9 Å². The van der Waals surface area contributed by atoms with Crippen molar-refractivity contribution in [2.24, 2.45) is 34.5 Å². The van der Waals surface area contributed by atoms with Crippen molar-refractivity contribution in [2.75, 3.05) is 0 Å². The number of carbonyl (C=O) groups is 1. The zero-order valence-electron chi connectivity index (χ0n) is 23.2. The fourth-order valence-corrected chi connectivity index (χ4v) is 10.5. The van der Waals surface area contributed by atoms with Gasteiger partial charge < -0.3 is 24.4 Å².